The van der Waals surface area contributed by atoms with Crippen molar-refractivity contribution in [3.05, 3.63) is 35.1 Å². The van der Waals surface area contributed by atoms with Crippen LogP contribution in [0, 0.1) is 25.7 Å². The van der Waals surface area contributed by atoms with Crippen molar-refractivity contribution in [1.82, 2.24) is 20.0 Å². The summed E-state index contributed by atoms with van der Waals surface area (Å²) in [7, 11) is 0. The average molecular weight is 353 g/mol. The number of anilines is 1. The summed E-state index contributed by atoms with van der Waals surface area (Å²) in [5.41, 5.74) is 3.55. The maximum absolute atomic E-state index is 5.32. The lowest BCUT2D eigenvalue weighted by Crippen LogP contribution is -2.29. The Kier molecular flexibility index (Phi) is 3.96. The summed E-state index contributed by atoms with van der Waals surface area (Å²) in [6.45, 7) is 9.57. The highest BCUT2D eigenvalue weighted by Crippen LogP contribution is 2.38. The van der Waals surface area contributed by atoms with Crippen LogP contribution in [-0.4, -0.2) is 46.2 Å². The maximum Gasteiger partial charge on any atom is 0.138 e. The molecule has 1 saturated carbocycles. The zero-order valence-corrected chi connectivity index (χ0v) is 15.7. The van der Waals surface area contributed by atoms with Gasteiger partial charge in [0, 0.05) is 56.0 Å². The van der Waals surface area contributed by atoms with Gasteiger partial charge in [-0.25, -0.2) is 9.97 Å². The van der Waals surface area contributed by atoms with Crippen LogP contribution in [0.2, 0.25) is 0 Å². The molecule has 1 aliphatic carbocycles. The van der Waals surface area contributed by atoms with Gasteiger partial charge in [0.1, 0.15) is 17.9 Å². The van der Waals surface area contributed by atoms with Gasteiger partial charge in [0.05, 0.1) is 5.69 Å². The molecule has 138 valence electrons. The monoisotopic (exact) mass is 353 g/mol. The summed E-state index contributed by atoms with van der Waals surface area (Å²) in [6.07, 6.45) is 5.69. The molecule has 0 bridgehead atoms. The fourth-order valence-corrected chi connectivity index (χ4v) is 4.82. The summed E-state index contributed by atoms with van der Waals surface area (Å²) >= 11 is 0. The second-order valence-electron chi connectivity index (χ2n) is 8.35. The quantitative estimate of drug-likeness (QED) is 0.842. The van der Waals surface area contributed by atoms with Gasteiger partial charge in [-0.1, -0.05) is 11.6 Å². The van der Waals surface area contributed by atoms with Crippen molar-refractivity contribution < 1.29 is 4.52 Å². The molecule has 6 heteroatoms. The van der Waals surface area contributed by atoms with Crippen LogP contribution in [0.15, 0.2) is 16.9 Å². The molecule has 3 aliphatic rings. The minimum absolute atomic E-state index is 0.671. The van der Waals surface area contributed by atoms with Crippen molar-refractivity contribution in [3.63, 3.8) is 0 Å². The molecule has 2 aromatic rings. The van der Waals surface area contributed by atoms with Crippen LogP contribution < -0.4 is 4.90 Å². The lowest BCUT2D eigenvalue weighted by molar-refractivity contribution is 0.305. The number of nitrogens with zero attached hydrogens (tertiary/aromatic N) is 5. The third-order valence-corrected chi connectivity index (χ3v) is 6.65. The zero-order valence-electron chi connectivity index (χ0n) is 15.7. The fourth-order valence-electron chi connectivity index (χ4n) is 4.82. The van der Waals surface area contributed by atoms with Crippen LogP contribution in [0.4, 0.5) is 5.82 Å². The van der Waals surface area contributed by atoms with Gasteiger partial charge in [-0.05, 0) is 38.5 Å². The van der Waals surface area contributed by atoms with Gasteiger partial charge < -0.3 is 9.42 Å². The summed E-state index contributed by atoms with van der Waals surface area (Å²) < 4.78 is 5.32. The summed E-state index contributed by atoms with van der Waals surface area (Å²) in [4.78, 5) is 14.1. The van der Waals surface area contributed by atoms with E-state index in [1.54, 1.807) is 6.33 Å². The summed E-state index contributed by atoms with van der Waals surface area (Å²) in [5.74, 6) is 4.24. The topological polar surface area (TPSA) is 58.3 Å². The van der Waals surface area contributed by atoms with Crippen LogP contribution in [0.5, 0.6) is 0 Å². The molecule has 2 unspecified atom stereocenters. The Labute approximate surface area is 154 Å². The molecule has 2 saturated heterocycles. The highest BCUT2D eigenvalue weighted by Gasteiger charge is 2.40. The first-order valence-electron chi connectivity index (χ1n) is 9.88. The van der Waals surface area contributed by atoms with Crippen LogP contribution in [0.3, 0.4) is 0 Å². The largest absolute Gasteiger partial charge is 0.361 e. The average Bonchev–Trinajstić information content (AvgIpc) is 3.23. The Balaban J connectivity index is 1.23. The van der Waals surface area contributed by atoms with Crippen molar-refractivity contribution in [3.8, 4) is 0 Å². The smallest absolute Gasteiger partial charge is 0.138 e. The standard InChI is InChI=1S/C20H27N5O/c1-13-18(14(2)26-23-13)11-24-7-16-9-25(10-17(16)8-24)20-6-19(21-12-22-20)15-4-3-5-15/h6,12,15-17H,3-5,7-11H2,1-2H3. The van der Waals surface area contributed by atoms with Gasteiger partial charge >= 0.3 is 0 Å². The van der Waals surface area contributed by atoms with Gasteiger partial charge in [-0.15, -0.1) is 0 Å². The van der Waals surface area contributed by atoms with Crippen molar-refractivity contribution in [2.24, 2.45) is 11.8 Å². The van der Waals surface area contributed by atoms with Crippen LogP contribution in [-0.2, 0) is 6.54 Å². The number of aromatic nitrogens is 3. The first kappa shape index (κ1) is 16.2. The first-order chi connectivity index (χ1) is 12.7. The number of rotatable bonds is 4. The van der Waals surface area contributed by atoms with E-state index < -0.39 is 0 Å². The minimum atomic E-state index is 0.671. The van der Waals surface area contributed by atoms with Gasteiger partial charge in [-0.2, -0.15) is 0 Å². The maximum atomic E-state index is 5.32. The molecule has 0 radical (unpaired) electrons. The number of hydrogen-bond donors (Lipinski definition) is 0. The van der Waals surface area contributed by atoms with E-state index in [0.29, 0.717) is 5.92 Å². The Bertz CT molecular complexity index is 766. The molecule has 0 aromatic carbocycles. The summed E-state index contributed by atoms with van der Waals surface area (Å²) in [6, 6.07) is 2.24. The highest BCUT2D eigenvalue weighted by molar-refractivity contribution is 5.42. The summed E-state index contributed by atoms with van der Waals surface area (Å²) in [5, 5.41) is 4.09. The molecule has 4 heterocycles. The molecule has 0 N–H and O–H groups in total. The molecule has 2 atom stereocenters. The zero-order chi connectivity index (χ0) is 17.7. The third-order valence-electron chi connectivity index (χ3n) is 6.65. The van der Waals surface area contributed by atoms with Crippen molar-refractivity contribution >= 4 is 5.82 Å². The van der Waals surface area contributed by atoms with E-state index in [9.17, 15) is 0 Å². The SMILES string of the molecule is Cc1noc(C)c1CN1CC2CN(c3cc(C4CCC4)ncn3)CC2C1. The highest BCUT2D eigenvalue weighted by atomic mass is 16.5. The second-order valence-corrected chi connectivity index (χ2v) is 8.35. The number of aryl methyl sites for hydroxylation is 2. The second kappa shape index (κ2) is 6.34. The lowest BCUT2D eigenvalue weighted by atomic mass is 9.83. The lowest BCUT2D eigenvalue weighted by Gasteiger charge is -2.26. The molecule has 2 aromatic heterocycles. The number of hydrogen-bond acceptors (Lipinski definition) is 6. The molecule has 2 aliphatic heterocycles. The van der Waals surface area contributed by atoms with E-state index in [1.807, 2.05) is 13.8 Å². The van der Waals surface area contributed by atoms with Gasteiger partial charge in [0.2, 0.25) is 0 Å². The van der Waals surface area contributed by atoms with Crippen molar-refractivity contribution in [2.45, 2.75) is 45.6 Å². The molecule has 6 nitrogen and oxygen atoms in total. The van der Waals surface area contributed by atoms with Crippen molar-refractivity contribution in [1.29, 1.82) is 0 Å². The Morgan fingerprint density at radius 2 is 1.85 bits per heavy atom. The van der Waals surface area contributed by atoms with E-state index in [2.05, 4.69) is 31.0 Å². The van der Waals surface area contributed by atoms with E-state index >= 15 is 0 Å². The molecule has 5 rings (SSSR count). The van der Waals surface area contributed by atoms with Crippen LogP contribution in [0.25, 0.3) is 0 Å². The van der Waals surface area contributed by atoms with E-state index in [-0.39, 0.29) is 0 Å². The van der Waals surface area contributed by atoms with Crippen LogP contribution in [0.1, 0.15) is 47.9 Å². The van der Waals surface area contributed by atoms with E-state index in [4.69, 9.17) is 4.52 Å². The van der Waals surface area contributed by atoms with Gasteiger partial charge in [0.25, 0.3) is 0 Å². The molecule has 3 fully saturated rings. The molecular formula is C20H27N5O. The van der Waals surface area contributed by atoms with Gasteiger partial charge in [0.15, 0.2) is 0 Å². The third kappa shape index (κ3) is 2.80. The Morgan fingerprint density at radius 3 is 2.46 bits per heavy atom. The predicted molar refractivity (Wildman–Crippen MR) is 99.1 cm³/mol. The molecular weight excluding hydrogens is 326 g/mol. The number of likely N-dealkylation sites (tertiary alicyclic amines) is 1. The van der Waals surface area contributed by atoms with Crippen molar-refractivity contribution in [2.75, 3.05) is 31.1 Å². The first-order valence-corrected chi connectivity index (χ1v) is 9.88. The van der Waals surface area contributed by atoms with Gasteiger partial charge in [-0.3, -0.25) is 4.90 Å². The van der Waals surface area contributed by atoms with E-state index in [1.165, 1.54) is 30.5 Å². The van der Waals surface area contributed by atoms with Crippen LogP contribution >= 0.6 is 0 Å². The number of fused-ring (bicyclic) bond motifs is 1. The Morgan fingerprint density at radius 1 is 1.08 bits per heavy atom. The van der Waals surface area contributed by atoms with E-state index in [0.717, 1.165) is 61.8 Å². The predicted octanol–water partition coefficient (Wildman–Crippen LogP) is 2.92. The molecule has 0 spiro atoms. The normalized spacial score (nSPS) is 26.3. The molecule has 0 amide bonds. The minimum Gasteiger partial charge on any atom is -0.361 e. The molecule has 26 heavy (non-hydrogen) atoms. The fraction of sp³-hybridized carbons (Fsp3) is 0.650. The Hall–Kier alpha value is -1.95.